The number of benzene rings is 3. The second-order valence-electron chi connectivity index (χ2n) is 8.82. The van der Waals surface area contributed by atoms with E-state index < -0.39 is 10.1 Å². The van der Waals surface area contributed by atoms with E-state index in [0.29, 0.717) is 6.26 Å². The van der Waals surface area contributed by atoms with Gasteiger partial charge in [0, 0.05) is 58.3 Å². The molecule has 3 aromatic carbocycles. The van der Waals surface area contributed by atoms with Crippen molar-refractivity contribution in [1.82, 2.24) is 0 Å². The van der Waals surface area contributed by atoms with Gasteiger partial charge in [0.2, 0.25) is 0 Å². The maximum Gasteiger partial charge on any atom is 0.199 e. The zero-order chi connectivity index (χ0) is 26.3. The summed E-state index contributed by atoms with van der Waals surface area (Å²) in [5.41, 5.74) is 2.40. The number of hydrogen-bond acceptors (Lipinski definition) is 7. The highest BCUT2D eigenvalue weighted by Gasteiger charge is 2.30. The van der Waals surface area contributed by atoms with Crippen molar-refractivity contribution < 1.29 is 22.4 Å². The maximum absolute atomic E-state index is 9.08. The molecule has 0 aromatic heterocycles. The zero-order valence-corrected chi connectivity index (χ0v) is 23.0. The maximum atomic E-state index is 9.08. The number of hydrogen-bond donors (Lipinski definition) is 0. The first-order valence-electron chi connectivity index (χ1n) is 11.6. The highest BCUT2D eigenvalue weighted by molar-refractivity contribution is 7.97. The molecule has 0 bridgehead atoms. The van der Waals surface area contributed by atoms with Crippen molar-refractivity contribution in [2.45, 2.75) is 33.8 Å². The van der Waals surface area contributed by atoms with Gasteiger partial charge in [0.05, 0.1) is 27.6 Å². The second kappa shape index (κ2) is 12.5. The summed E-state index contributed by atoms with van der Waals surface area (Å²) < 4.78 is 39.0. The minimum Gasteiger partial charge on any atom is -0.748 e. The minimum atomic E-state index is -3.92. The molecule has 1 atom stereocenters. The van der Waals surface area contributed by atoms with Crippen molar-refractivity contribution in [3.8, 4) is 5.75 Å². The Labute approximate surface area is 217 Å². The molecule has 194 valence electrons. The fourth-order valence-corrected chi connectivity index (χ4v) is 5.72. The van der Waals surface area contributed by atoms with E-state index in [1.165, 1.54) is 26.1 Å². The third-order valence-corrected chi connectivity index (χ3v) is 7.59. The van der Waals surface area contributed by atoms with Gasteiger partial charge in [-0.05, 0) is 67.1 Å². The molecule has 1 aliphatic heterocycles. The van der Waals surface area contributed by atoms with Gasteiger partial charge in [-0.2, -0.15) is 0 Å². The van der Waals surface area contributed by atoms with Crippen LogP contribution in [-0.2, 0) is 25.7 Å². The lowest BCUT2D eigenvalue weighted by atomic mass is 10.3. The molecule has 0 radical (unpaired) electrons. The molecule has 1 fully saturated rings. The third kappa shape index (κ3) is 8.44. The Balaban J connectivity index is 0.000000658. The van der Waals surface area contributed by atoms with Gasteiger partial charge in [-0.1, -0.05) is 6.07 Å². The lowest BCUT2D eigenvalue weighted by Crippen LogP contribution is -2.14. The Morgan fingerprint density at radius 2 is 1.36 bits per heavy atom. The number of rotatable bonds is 7. The van der Waals surface area contributed by atoms with Crippen LogP contribution in [0.4, 0.5) is 11.4 Å². The largest absolute Gasteiger partial charge is 0.748 e. The van der Waals surface area contributed by atoms with Crippen molar-refractivity contribution >= 4 is 32.4 Å². The highest BCUT2D eigenvalue weighted by atomic mass is 32.2. The summed E-state index contributed by atoms with van der Waals surface area (Å²) in [6.07, 6.45) is 2.49. The van der Waals surface area contributed by atoms with Crippen molar-refractivity contribution in [3.05, 3.63) is 72.8 Å². The van der Waals surface area contributed by atoms with Crippen LogP contribution >= 0.6 is 0 Å². The molecular formula is C27H34N2O5S2. The monoisotopic (exact) mass is 530 g/mol. The Hall–Kier alpha value is -2.72. The molecule has 0 saturated carbocycles. The van der Waals surface area contributed by atoms with E-state index in [9.17, 15) is 0 Å². The third-order valence-electron chi connectivity index (χ3n) is 5.37. The Kier molecular flexibility index (Phi) is 9.67. The topological polar surface area (TPSA) is 82.1 Å². The van der Waals surface area contributed by atoms with Gasteiger partial charge in [0.15, 0.2) is 21.0 Å². The van der Waals surface area contributed by atoms with E-state index in [2.05, 4.69) is 105 Å². The molecular weight excluding hydrogens is 496 g/mol. The predicted octanol–water partition coefficient (Wildman–Crippen LogP) is 4.59. The molecule has 1 aliphatic rings. The van der Waals surface area contributed by atoms with Crippen molar-refractivity contribution in [2.75, 3.05) is 50.9 Å². The Bertz CT molecular complexity index is 1150. The lowest BCUT2D eigenvalue weighted by Gasteiger charge is -2.16. The predicted molar refractivity (Wildman–Crippen MR) is 145 cm³/mol. The van der Waals surface area contributed by atoms with Crippen LogP contribution in [0.5, 0.6) is 5.75 Å². The summed E-state index contributed by atoms with van der Waals surface area (Å²) in [5.74, 6) is 0.872. The summed E-state index contributed by atoms with van der Waals surface area (Å²) in [6, 6.07) is 26.2. The van der Waals surface area contributed by atoms with Gasteiger partial charge >= 0.3 is 0 Å². The van der Waals surface area contributed by atoms with Crippen molar-refractivity contribution in [2.24, 2.45) is 0 Å². The molecule has 0 N–H and O–H groups in total. The fourth-order valence-electron chi connectivity index (χ4n) is 3.64. The molecule has 0 aliphatic carbocycles. The average molecular weight is 531 g/mol. The van der Waals surface area contributed by atoms with Gasteiger partial charge < -0.3 is 23.8 Å². The van der Waals surface area contributed by atoms with E-state index in [0.717, 1.165) is 25.2 Å². The quantitative estimate of drug-likeness (QED) is 0.326. The van der Waals surface area contributed by atoms with Gasteiger partial charge in [-0.15, -0.1) is 0 Å². The highest BCUT2D eigenvalue weighted by Crippen LogP contribution is 2.35. The van der Waals surface area contributed by atoms with Gasteiger partial charge in [-0.3, -0.25) is 0 Å². The SMILES string of the molecule is CN(C)c1ccc([S+](c2ccc(N(C)C)cc2)c2cccc(OC3CCCO3)c2)cc1.CS(=O)(=O)[O-]. The normalized spacial score (nSPS) is 15.2. The number of anilines is 2. The molecule has 1 saturated heterocycles. The fraction of sp³-hybridized carbons (Fsp3) is 0.333. The number of ether oxygens (including phenoxy) is 2. The van der Waals surface area contributed by atoms with Crippen LogP contribution < -0.4 is 14.5 Å². The molecule has 3 aromatic rings. The Morgan fingerprint density at radius 3 is 1.78 bits per heavy atom. The van der Waals surface area contributed by atoms with Crippen LogP contribution in [0.25, 0.3) is 0 Å². The first-order valence-corrected chi connectivity index (χ1v) is 14.6. The molecule has 7 nitrogen and oxygen atoms in total. The van der Waals surface area contributed by atoms with Gasteiger partial charge in [0.1, 0.15) is 5.75 Å². The molecule has 0 amide bonds. The lowest BCUT2D eigenvalue weighted by molar-refractivity contribution is -0.0391. The van der Waals surface area contributed by atoms with Crippen molar-refractivity contribution in [3.63, 3.8) is 0 Å². The molecule has 1 heterocycles. The van der Waals surface area contributed by atoms with E-state index in [1.54, 1.807) is 0 Å². The van der Waals surface area contributed by atoms with Gasteiger partial charge in [-0.25, -0.2) is 8.42 Å². The first kappa shape index (κ1) is 27.9. The molecule has 9 heteroatoms. The molecule has 4 rings (SSSR count). The summed E-state index contributed by atoms with van der Waals surface area (Å²) >= 11 is 0. The smallest absolute Gasteiger partial charge is 0.199 e. The number of nitrogens with zero attached hydrogens (tertiary/aromatic N) is 2. The summed E-state index contributed by atoms with van der Waals surface area (Å²) in [5, 5.41) is 0. The Morgan fingerprint density at radius 1 is 0.861 bits per heavy atom. The standard InChI is InChI=1S/C26H31N2O2S.CH4O3S/c1-27(2)20-10-14-23(15-11-20)31(24-16-12-21(13-17-24)28(3)4)25-8-5-7-22(19-25)30-26-9-6-18-29-26;1-5(2,3)4/h5,7-8,10-17,19,26H,6,9,18H2,1-4H3;1H3,(H,2,3,4)/q+1;/p-1. The van der Waals surface area contributed by atoms with Crippen LogP contribution in [0.15, 0.2) is 87.5 Å². The van der Waals surface area contributed by atoms with Crippen LogP contribution in [-0.4, -0.2) is 60.3 Å². The first-order chi connectivity index (χ1) is 17.0. The zero-order valence-electron chi connectivity index (χ0n) is 21.4. The minimum absolute atomic E-state index is 0.129. The van der Waals surface area contributed by atoms with Crippen LogP contribution in [0.1, 0.15) is 12.8 Å². The van der Waals surface area contributed by atoms with Crippen molar-refractivity contribution in [1.29, 1.82) is 0 Å². The summed E-state index contributed by atoms with van der Waals surface area (Å²) in [6.45, 7) is 0.783. The molecule has 0 spiro atoms. The summed E-state index contributed by atoms with van der Waals surface area (Å²) in [4.78, 5) is 8.08. The van der Waals surface area contributed by atoms with Crippen LogP contribution in [0.3, 0.4) is 0 Å². The van der Waals surface area contributed by atoms with E-state index in [4.69, 9.17) is 22.4 Å². The van der Waals surface area contributed by atoms with Crippen LogP contribution in [0, 0.1) is 0 Å². The van der Waals surface area contributed by atoms with E-state index in [1.807, 2.05) is 6.07 Å². The van der Waals surface area contributed by atoms with E-state index >= 15 is 0 Å². The summed E-state index contributed by atoms with van der Waals surface area (Å²) in [7, 11) is 4.13. The van der Waals surface area contributed by atoms with Gasteiger partial charge in [0.25, 0.3) is 0 Å². The van der Waals surface area contributed by atoms with Crippen LogP contribution in [0.2, 0.25) is 0 Å². The molecule has 36 heavy (non-hydrogen) atoms. The average Bonchev–Trinajstić information content (AvgIpc) is 3.32. The van der Waals surface area contributed by atoms with E-state index in [-0.39, 0.29) is 17.2 Å². The molecule has 1 unspecified atom stereocenters. The second-order valence-corrected chi connectivity index (χ2v) is 12.3.